The van der Waals surface area contributed by atoms with Crippen LogP contribution in [0.1, 0.15) is 13.8 Å². The van der Waals surface area contributed by atoms with E-state index in [0.717, 1.165) is 0 Å². The first-order chi connectivity index (χ1) is 3.77. The van der Waals surface area contributed by atoms with Crippen LogP contribution in [0.5, 0.6) is 0 Å². The summed E-state index contributed by atoms with van der Waals surface area (Å²) in [4.78, 5) is 0. The smallest absolute Gasteiger partial charge is 0.0197 e. The molecule has 0 bridgehead atoms. The van der Waals surface area contributed by atoms with Crippen LogP contribution in [-0.4, -0.2) is 6.04 Å². The fraction of sp³-hybridized carbons (Fsp3) is 0.429. The van der Waals surface area contributed by atoms with Crippen molar-refractivity contribution in [3.63, 3.8) is 0 Å². The first-order valence-corrected chi connectivity index (χ1v) is 2.82. The molecule has 1 atom stereocenters. The molecule has 1 heteroatoms. The largest absolute Gasteiger partial charge is 0.325 e. The zero-order valence-electron chi connectivity index (χ0n) is 5.46. The quantitative estimate of drug-likeness (QED) is 0.536. The van der Waals surface area contributed by atoms with E-state index in [1.165, 1.54) is 0 Å². The molecule has 0 aromatic carbocycles. The van der Waals surface area contributed by atoms with Crippen molar-refractivity contribution in [3.05, 3.63) is 24.3 Å². The Morgan fingerprint density at radius 3 is 2.38 bits per heavy atom. The second kappa shape index (κ2) is 4.60. The van der Waals surface area contributed by atoms with Gasteiger partial charge in [0.25, 0.3) is 0 Å². The first kappa shape index (κ1) is 7.44. The third kappa shape index (κ3) is 5.44. The van der Waals surface area contributed by atoms with Crippen LogP contribution in [-0.2, 0) is 0 Å². The van der Waals surface area contributed by atoms with Crippen molar-refractivity contribution in [1.29, 1.82) is 0 Å². The maximum atomic E-state index is 5.41. The minimum Gasteiger partial charge on any atom is -0.325 e. The van der Waals surface area contributed by atoms with Gasteiger partial charge in [-0.05, 0) is 13.8 Å². The van der Waals surface area contributed by atoms with Crippen LogP contribution in [0.4, 0.5) is 0 Å². The van der Waals surface area contributed by atoms with Gasteiger partial charge in [-0.15, -0.1) is 0 Å². The van der Waals surface area contributed by atoms with E-state index in [-0.39, 0.29) is 6.04 Å². The molecular formula is C7H13N. The standard InChI is InChI=1S/C7H13N/c1-3-4-5-6-7(2)8/h3-7H,8H2,1-2H3/b4-3-,6-5-. The van der Waals surface area contributed by atoms with Gasteiger partial charge in [-0.25, -0.2) is 0 Å². The van der Waals surface area contributed by atoms with Crippen molar-refractivity contribution in [3.8, 4) is 0 Å². The van der Waals surface area contributed by atoms with Gasteiger partial charge in [-0.1, -0.05) is 24.3 Å². The Hall–Kier alpha value is -0.560. The minimum atomic E-state index is 0.172. The van der Waals surface area contributed by atoms with E-state index in [9.17, 15) is 0 Å². The van der Waals surface area contributed by atoms with Crippen molar-refractivity contribution in [2.45, 2.75) is 19.9 Å². The Labute approximate surface area is 50.9 Å². The van der Waals surface area contributed by atoms with Crippen LogP contribution in [0.15, 0.2) is 24.3 Å². The predicted molar refractivity (Wildman–Crippen MR) is 37.6 cm³/mol. The molecule has 0 saturated heterocycles. The molecule has 0 aromatic heterocycles. The Kier molecular flexibility index (Phi) is 4.27. The van der Waals surface area contributed by atoms with Crippen LogP contribution in [0.3, 0.4) is 0 Å². The van der Waals surface area contributed by atoms with Gasteiger partial charge in [0.15, 0.2) is 0 Å². The second-order valence-corrected chi connectivity index (χ2v) is 1.77. The number of allylic oxidation sites excluding steroid dienone is 3. The zero-order valence-corrected chi connectivity index (χ0v) is 5.46. The highest BCUT2D eigenvalue weighted by atomic mass is 14.6. The van der Waals surface area contributed by atoms with Crippen molar-refractivity contribution < 1.29 is 0 Å². The molecule has 0 saturated carbocycles. The number of hydrogen-bond acceptors (Lipinski definition) is 1. The molecule has 0 aliphatic carbocycles. The summed E-state index contributed by atoms with van der Waals surface area (Å²) in [6.07, 6.45) is 7.83. The summed E-state index contributed by atoms with van der Waals surface area (Å²) in [5, 5.41) is 0. The Morgan fingerprint density at radius 1 is 1.38 bits per heavy atom. The molecule has 8 heavy (non-hydrogen) atoms. The van der Waals surface area contributed by atoms with Crippen LogP contribution in [0.2, 0.25) is 0 Å². The summed E-state index contributed by atoms with van der Waals surface area (Å²) in [7, 11) is 0. The fourth-order valence-electron chi connectivity index (χ4n) is 0.351. The second-order valence-electron chi connectivity index (χ2n) is 1.77. The third-order valence-corrected chi connectivity index (χ3v) is 0.718. The van der Waals surface area contributed by atoms with Gasteiger partial charge in [0, 0.05) is 6.04 Å². The molecule has 0 rings (SSSR count). The van der Waals surface area contributed by atoms with Gasteiger partial charge in [0.2, 0.25) is 0 Å². The maximum Gasteiger partial charge on any atom is 0.0197 e. The normalized spacial score (nSPS) is 15.9. The molecular weight excluding hydrogens is 98.1 g/mol. The monoisotopic (exact) mass is 111 g/mol. The summed E-state index contributed by atoms with van der Waals surface area (Å²) >= 11 is 0. The lowest BCUT2D eigenvalue weighted by molar-refractivity contribution is 0.926. The molecule has 0 radical (unpaired) electrons. The van der Waals surface area contributed by atoms with Crippen molar-refractivity contribution in [1.82, 2.24) is 0 Å². The SMILES string of the molecule is C/C=C\C=C/C(C)N. The summed E-state index contributed by atoms with van der Waals surface area (Å²) in [5.74, 6) is 0. The van der Waals surface area contributed by atoms with Gasteiger partial charge in [-0.3, -0.25) is 0 Å². The fourth-order valence-corrected chi connectivity index (χ4v) is 0.351. The molecule has 1 nitrogen and oxygen atoms in total. The maximum absolute atomic E-state index is 5.41. The summed E-state index contributed by atoms with van der Waals surface area (Å²) in [6, 6.07) is 0.172. The first-order valence-electron chi connectivity index (χ1n) is 2.82. The van der Waals surface area contributed by atoms with Gasteiger partial charge in [0.05, 0.1) is 0 Å². The van der Waals surface area contributed by atoms with Crippen LogP contribution in [0.25, 0.3) is 0 Å². The number of nitrogens with two attached hydrogens (primary N) is 1. The summed E-state index contributed by atoms with van der Waals surface area (Å²) in [5.41, 5.74) is 5.41. The van der Waals surface area contributed by atoms with E-state index in [2.05, 4.69) is 0 Å². The Morgan fingerprint density at radius 2 is 2.00 bits per heavy atom. The molecule has 0 fully saturated rings. The highest BCUT2D eigenvalue weighted by Crippen LogP contribution is 1.79. The third-order valence-electron chi connectivity index (χ3n) is 0.718. The molecule has 0 heterocycles. The lowest BCUT2D eigenvalue weighted by Gasteiger charge is -1.89. The van der Waals surface area contributed by atoms with E-state index in [1.54, 1.807) is 0 Å². The molecule has 0 amide bonds. The minimum absolute atomic E-state index is 0.172. The molecule has 0 aliphatic rings. The van der Waals surface area contributed by atoms with Gasteiger partial charge < -0.3 is 5.73 Å². The molecule has 2 N–H and O–H groups in total. The lowest BCUT2D eigenvalue weighted by Crippen LogP contribution is -2.09. The summed E-state index contributed by atoms with van der Waals surface area (Å²) in [6.45, 7) is 3.92. The predicted octanol–water partition coefficient (Wildman–Crippen LogP) is 1.47. The average molecular weight is 111 g/mol. The van der Waals surface area contributed by atoms with Crippen LogP contribution >= 0.6 is 0 Å². The molecule has 1 unspecified atom stereocenters. The zero-order chi connectivity index (χ0) is 6.41. The molecule has 0 spiro atoms. The van der Waals surface area contributed by atoms with Crippen LogP contribution in [0, 0.1) is 0 Å². The van der Waals surface area contributed by atoms with E-state index < -0.39 is 0 Å². The molecule has 0 aromatic rings. The lowest BCUT2D eigenvalue weighted by atomic mass is 10.3. The van der Waals surface area contributed by atoms with Gasteiger partial charge in [0.1, 0.15) is 0 Å². The average Bonchev–Trinajstić information content (AvgIpc) is 1.66. The van der Waals surface area contributed by atoms with E-state index >= 15 is 0 Å². The van der Waals surface area contributed by atoms with E-state index in [4.69, 9.17) is 5.73 Å². The topological polar surface area (TPSA) is 26.0 Å². The Balaban J connectivity index is 3.34. The van der Waals surface area contributed by atoms with Crippen molar-refractivity contribution in [2.75, 3.05) is 0 Å². The van der Waals surface area contributed by atoms with Crippen LogP contribution < -0.4 is 5.73 Å². The van der Waals surface area contributed by atoms with Gasteiger partial charge >= 0.3 is 0 Å². The van der Waals surface area contributed by atoms with E-state index in [0.29, 0.717) is 0 Å². The number of hydrogen-bond donors (Lipinski definition) is 1. The van der Waals surface area contributed by atoms with Crippen molar-refractivity contribution >= 4 is 0 Å². The Bertz CT molecular complexity index is 90.6. The highest BCUT2D eigenvalue weighted by Gasteiger charge is 1.77. The molecule has 0 aliphatic heterocycles. The molecule has 46 valence electrons. The summed E-state index contributed by atoms with van der Waals surface area (Å²) < 4.78 is 0. The van der Waals surface area contributed by atoms with Gasteiger partial charge in [-0.2, -0.15) is 0 Å². The van der Waals surface area contributed by atoms with E-state index in [1.807, 2.05) is 38.2 Å². The highest BCUT2D eigenvalue weighted by molar-refractivity contribution is 5.03. The number of rotatable bonds is 2. The van der Waals surface area contributed by atoms with Crippen molar-refractivity contribution in [2.24, 2.45) is 5.73 Å².